The first-order valence-corrected chi connectivity index (χ1v) is 9.26. The summed E-state index contributed by atoms with van der Waals surface area (Å²) in [5.41, 5.74) is 1.67. The fraction of sp³-hybridized carbons (Fsp3) is 0.765. The third kappa shape index (κ3) is 6.57. The topological polar surface area (TPSA) is 49.3 Å². The first-order valence-electron chi connectivity index (χ1n) is 8.38. The van der Waals surface area contributed by atoms with E-state index in [2.05, 4.69) is 46.8 Å². The van der Waals surface area contributed by atoms with Gasteiger partial charge in [-0.15, -0.1) is 35.3 Å². The van der Waals surface area contributed by atoms with Gasteiger partial charge in [-0.25, -0.2) is 4.98 Å². The van der Waals surface area contributed by atoms with Crippen LogP contribution >= 0.6 is 35.3 Å². The van der Waals surface area contributed by atoms with Gasteiger partial charge in [0.1, 0.15) is 0 Å². The quantitative estimate of drug-likeness (QED) is 0.375. The van der Waals surface area contributed by atoms with Crippen LogP contribution in [0.1, 0.15) is 50.2 Å². The maximum atomic E-state index is 4.49. The van der Waals surface area contributed by atoms with E-state index in [0.29, 0.717) is 5.41 Å². The van der Waals surface area contributed by atoms with Gasteiger partial charge >= 0.3 is 0 Å². The normalized spacial score (nSPS) is 16.7. The van der Waals surface area contributed by atoms with E-state index in [-0.39, 0.29) is 24.0 Å². The predicted molar refractivity (Wildman–Crippen MR) is 111 cm³/mol. The number of aromatic nitrogens is 1. The number of aryl methyl sites for hydroxylation is 1. The van der Waals surface area contributed by atoms with Crippen LogP contribution < -0.4 is 10.6 Å². The van der Waals surface area contributed by atoms with E-state index in [4.69, 9.17) is 0 Å². The van der Waals surface area contributed by atoms with Crippen LogP contribution in [0.3, 0.4) is 0 Å². The Bertz CT molecular complexity index is 495. The maximum Gasteiger partial charge on any atom is 0.191 e. The van der Waals surface area contributed by atoms with E-state index < -0.39 is 0 Å². The fourth-order valence-corrected chi connectivity index (χ4v) is 3.97. The lowest BCUT2D eigenvalue weighted by atomic mass is 9.64. The third-order valence-corrected chi connectivity index (χ3v) is 5.27. The number of hydrogen-bond donors (Lipinski definition) is 2. The molecule has 0 radical (unpaired) electrons. The molecule has 0 atom stereocenters. The Hall–Kier alpha value is -0.370. The lowest BCUT2D eigenvalue weighted by molar-refractivity contribution is 0.104. The van der Waals surface area contributed by atoms with Crippen molar-refractivity contribution in [2.24, 2.45) is 16.3 Å². The van der Waals surface area contributed by atoms with Crippen LogP contribution in [0.15, 0.2) is 10.4 Å². The fourth-order valence-electron chi connectivity index (χ4n) is 3.32. The number of hydrogen-bond acceptors (Lipinski definition) is 3. The first-order chi connectivity index (χ1) is 10.5. The Morgan fingerprint density at radius 3 is 2.61 bits per heavy atom. The molecular formula is C17H31IN4S. The molecule has 1 aliphatic carbocycles. The van der Waals surface area contributed by atoms with Gasteiger partial charge in [0.05, 0.1) is 10.7 Å². The molecule has 1 fully saturated rings. The number of rotatable bonds is 7. The number of aliphatic imine (C=N–C) groups is 1. The molecule has 23 heavy (non-hydrogen) atoms. The lowest BCUT2D eigenvalue weighted by Gasteiger charge is -2.43. The molecule has 0 saturated heterocycles. The predicted octanol–water partition coefficient (Wildman–Crippen LogP) is 3.99. The van der Waals surface area contributed by atoms with Gasteiger partial charge in [-0.1, -0.05) is 20.3 Å². The summed E-state index contributed by atoms with van der Waals surface area (Å²) >= 11 is 1.71. The van der Waals surface area contributed by atoms with Crippen molar-refractivity contribution >= 4 is 41.3 Å². The van der Waals surface area contributed by atoms with Gasteiger partial charge < -0.3 is 10.6 Å². The highest BCUT2D eigenvalue weighted by Gasteiger charge is 2.37. The Morgan fingerprint density at radius 2 is 2.13 bits per heavy atom. The molecule has 0 bridgehead atoms. The monoisotopic (exact) mass is 450 g/mol. The highest BCUT2D eigenvalue weighted by Crippen LogP contribution is 2.45. The molecule has 0 aromatic carbocycles. The van der Waals surface area contributed by atoms with E-state index in [9.17, 15) is 0 Å². The van der Waals surface area contributed by atoms with Gasteiger partial charge in [0.25, 0.3) is 0 Å². The minimum Gasteiger partial charge on any atom is -0.356 e. The van der Waals surface area contributed by atoms with Gasteiger partial charge in [-0.3, -0.25) is 4.99 Å². The minimum absolute atomic E-state index is 0. The second kappa shape index (κ2) is 9.81. The summed E-state index contributed by atoms with van der Waals surface area (Å²) in [6, 6.07) is 0. The van der Waals surface area contributed by atoms with Crippen molar-refractivity contribution < 1.29 is 0 Å². The molecule has 6 heteroatoms. The molecule has 4 nitrogen and oxygen atoms in total. The molecule has 1 saturated carbocycles. The highest BCUT2D eigenvalue weighted by atomic mass is 127. The second-order valence-corrected chi connectivity index (χ2v) is 7.97. The van der Waals surface area contributed by atoms with Crippen LogP contribution in [-0.4, -0.2) is 31.1 Å². The number of nitrogens with one attached hydrogen (secondary N) is 2. The van der Waals surface area contributed by atoms with E-state index in [0.717, 1.165) is 36.4 Å². The van der Waals surface area contributed by atoms with Crippen LogP contribution in [-0.2, 0) is 6.42 Å². The molecule has 2 rings (SSSR count). The largest absolute Gasteiger partial charge is 0.356 e. The molecule has 0 spiro atoms. The van der Waals surface area contributed by atoms with Crippen LogP contribution in [0, 0.1) is 18.3 Å². The molecule has 0 amide bonds. The average molecular weight is 450 g/mol. The van der Waals surface area contributed by atoms with Crippen molar-refractivity contribution in [2.45, 2.75) is 52.9 Å². The molecule has 1 aromatic heterocycles. The highest BCUT2D eigenvalue weighted by molar-refractivity contribution is 14.0. The van der Waals surface area contributed by atoms with Gasteiger partial charge in [0.2, 0.25) is 0 Å². The molecule has 0 aliphatic heterocycles. The number of halogens is 1. The van der Waals surface area contributed by atoms with Gasteiger partial charge in [0, 0.05) is 31.9 Å². The average Bonchev–Trinajstić information content (AvgIpc) is 2.84. The van der Waals surface area contributed by atoms with Crippen molar-refractivity contribution in [2.75, 3.05) is 20.1 Å². The standard InChI is InChI=1S/C17H30N4S.HI/c1-13(2)10-17(7-5-8-17)12-20-16(18-4)19-9-6-15-11-22-14(3)21-15;/h11,13H,5-10,12H2,1-4H3,(H2,18,19,20);1H. The van der Waals surface area contributed by atoms with Crippen LogP contribution in [0.4, 0.5) is 0 Å². The van der Waals surface area contributed by atoms with Crippen molar-refractivity contribution in [3.63, 3.8) is 0 Å². The molecule has 1 aromatic rings. The van der Waals surface area contributed by atoms with E-state index in [1.807, 2.05) is 7.05 Å². The van der Waals surface area contributed by atoms with E-state index in [1.54, 1.807) is 11.3 Å². The second-order valence-electron chi connectivity index (χ2n) is 6.91. The maximum absolute atomic E-state index is 4.49. The summed E-state index contributed by atoms with van der Waals surface area (Å²) in [6.45, 7) is 8.61. The van der Waals surface area contributed by atoms with Crippen LogP contribution in [0.5, 0.6) is 0 Å². The summed E-state index contributed by atoms with van der Waals surface area (Å²) in [7, 11) is 1.85. The van der Waals surface area contributed by atoms with Gasteiger partial charge in [-0.05, 0) is 37.5 Å². The zero-order chi connectivity index (χ0) is 16.0. The van der Waals surface area contributed by atoms with E-state index in [1.165, 1.54) is 31.4 Å². The molecular weight excluding hydrogens is 419 g/mol. The zero-order valence-electron chi connectivity index (χ0n) is 14.8. The summed E-state index contributed by atoms with van der Waals surface area (Å²) in [4.78, 5) is 8.83. The molecule has 132 valence electrons. The summed E-state index contributed by atoms with van der Waals surface area (Å²) in [5, 5.41) is 10.2. The minimum atomic E-state index is 0. The molecule has 1 heterocycles. The number of nitrogens with zero attached hydrogens (tertiary/aromatic N) is 2. The Morgan fingerprint density at radius 1 is 1.39 bits per heavy atom. The van der Waals surface area contributed by atoms with Crippen LogP contribution in [0.25, 0.3) is 0 Å². The van der Waals surface area contributed by atoms with Gasteiger partial charge in [-0.2, -0.15) is 0 Å². The number of guanidine groups is 1. The lowest BCUT2D eigenvalue weighted by Crippen LogP contribution is -2.47. The van der Waals surface area contributed by atoms with E-state index >= 15 is 0 Å². The molecule has 1 aliphatic rings. The third-order valence-electron chi connectivity index (χ3n) is 4.45. The Kier molecular flexibility index (Phi) is 8.82. The van der Waals surface area contributed by atoms with Crippen molar-refractivity contribution in [3.8, 4) is 0 Å². The SMILES string of the molecule is CN=C(NCCc1csc(C)n1)NCC1(CC(C)C)CCC1.I. The smallest absolute Gasteiger partial charge is 0.191 e. The first kappa shape index (κ1) is 20.7. The summed E-state index contributed by atoms with van der Waals surface area (Å²) in [6.07, 6.45) is 6.35. The number of thiazole rings is 1. The van der Waals surface area contributed by atoms with Crippen molar-refractivity contribution in [3.05, 3.63) is 16.1 Å². The van der Waals surface area contributed by atoms with Crippen molar-refractivity contribution in [1.82, 2.24) is 15.6 Å². The zero-order valence-corrected chi connectivity index (χ0v) is 18.0. The molecule has 2 N–H and O–H groups in total. The Balaban J connectivity index is 0.00000264. The Labute approximate surface area is 162 Å². The summed E-state index contributed by atoms with van der Waals surface area (Å²) < 4.78 is 0. The van der Waals surface area contributed by atoms with Crippen molar-refractivity contribution in [1.29, 1.82) is 0 Å². The van der Waals surface area contributed by atoms with Crippen LogP contribution in [0.2, 0.25) is 0 Å². The summed E-state index contributed by atoms with van der Waals surface area (Å²) in [5.74, 6) is 1.69. The van der Waals surface area contributed by atoms with Gasteiger partial charge in [0.15, 0.2) is 5.96 Å². The molecule has 0 unspecified atom stereocenters.